The number of rotatable bonds is 8. The van der Waals surface area contributed by atoms with Crippen LogP contribution in [0.3, 0.4) is 0 Å². The van der Waals surface area contributed by atoms with Gasteiger partial charge in [0.25, 0.3) is 5.91 Å². The van der Waals surface area contributed by atoms with Crippen molar-refractivity contribution < 1.29 is 23.1 Å². The standard InChI is InChI=1S/C26H24FN3O5S/c1-4-33-20-11-15(5-7-19(20)34-10-9-14(2)3)22-21-23(31)17-12-16(27)6-8-18(17)35-24(21)25(32)30(22)26-29-28-13-36-26/h5-8,11-14,22H,4,9-10H2,1-3H3. The van der Waals surface area contributed by atoms with Crippen molar-refractivity contribution >= 4 is 33.3 Å². The van der Waals surface area contributed by atoms with Crippen LogP contribution in [0.25, 0.3) is 11.0 Å². The van der Waals surface area contributed by atoms with Crippen LogP contribution in [0.2, 0.25) is 0 Å². The molecular formula is C26H24FN3O5S. The summed E-state index contributed by atoms with van der Waals surface area (Å²) in [7, 11) is 0. The second-order valence-corrected chi connectivity index (χ2v) is 9.60. The first kappa shape index (κ1) is 23.9. The molecule has 1 atom stereocenters. The first-order chi connectivity index (χ1) is 17.4. The highest BCUT2D eigenvalue weighted by molar-refractivity contribution is 7.13. The van der Waals surface area contributed by atoms with Gasteiger partial charge in [-0.25, -0.2) is 4.39 Å². The lowest BCUT2D eigenvalue weighted by Crippen LogP contribution is -2.29. The maximum Gasteiger partial charge on any atom is 0.297 e. The van der Waals surface area contributed by atoms with Gasteiger partial charge < -0.3 is 13.9 Å². The molecule has 0 fully saturated rings. The number of carbonyl (C=O) groups excluding carboxylic acids is 1. The summed E-state index contributed by atoms with van der Waals surface area (Å²) in [5.74, 6) is 0.354. The average molecular weight is 510 g/mol. The third-order valence-electron chi connectivity index (χ3n) is 5.92. The number of benzene rings is 2. The maximum atomic E-state index is 14.0. The van der Waals surface area contributed by atoms with Crippen LogP contribution < -0.4 is 19.8 Å². The summed E-state index contributed by atoms with van der Waals surface area (Å²) in [5.41, 5.74) is 1.87. The van der Waals surface area contributed by atoms with Crippen molar-refractivity contribution in [3.8, 4) is 11.5 Å². The van der Waals surface area contributed by atoms with E-state index < -0.39 is 23.2 Å². The predicted molar refractivity (Wildman–Crippen MR) is 134 cm³/mol. The van der Waals surface area contributed by atoms with E-state index in [1.165, 1.54) is 22.5 Å². The molecule has 186 valence electrons. The second kappa shape index (κ2) is 9.69. The Bertz CT molecular complexity index is 1490. The summed E-state index contributed by atoms with van der Waals surface area (Å²) in [6, 6.07) is 8.08. The van der Waals surface area contributed by atoms with E-state index in [2.05, 4.69) is 24.0 Å². The molecular weight excluding hydrogens is 485 g/mol. The van der Waals surface area contributed by atoms with E-state index in [-0.39, 0.29) is 22.3 Å². The topological polar surface area (TPSA) is 94.8 Å². The van der Waals surface area contributed by atoms with E-state index in [9.17, 15) is 14.0 Å². The number of nitrogens with zero attached hydrogens (tertiary/aromatic N) is 3. The van der Waals surface area contributed by atoms with Gasteiger partial charge in [0.2, 0.25) is 10.9 Å². The zero-order valence-corrected chi connectivity index (χ0v) is 20.8. The molecule has 1 amide bonds. The zero-order chi connectivity index (χ0) is 25.4. The van der Waals surface area contributed by atoms with Crippen LogP contribution in [0, 0.1) is 11.7 Å². The number of hydrogen-bond acceptors (Lipinski definition) is 8. The molecule has 0 saturated heterocycles. The molecule has 0 N–H and O–H groups in total. The van der Waals surface area contributed by atoms with Gasteiger partial charge in [0.15, 0.2) is 16.9 Å². The minimum absolute atomic E-state index is 0.0596. The third-order valence-corrected chi connectivity index (χ3v) is 6.61. The molecule has 4 aromatic rings. The average Bonchev–Trinajstić information content (AvgIpc) is 3.47. The molecule has 0 bridgehead atoms. The smallest absolute Gasteiger partial charge is 0.297 e. The normalized spacial score (nSPS) is 15.1. The number of ether oxygens (including phenoxy) is 2. The maximum absolute atomic E-state index is 14.0. The Hall–Kier alpha value is -3.79. The highest BCUT2D eigenvalue weighted by Gasteiger charge is 2.45. The summed E-state index contributed by atoms with van der Waals surface area (Å²) in [6.07, 6.45) is 0.882. The third kappa shape index (κ3) is 4.21. The Morgan fingerprint density at radius 3 is 2.69 bits per heavy atom. The molecule has 2 aromatic carbocycles. The largest absolute Gasteiger partial charge is 0.490 e. The lowest BCUT2D eigenvalue weighted by Gasteiger charge is -2.23. The quantitative estimate of drug-likeness (QED) is 0.316. The number of carbonyl (C=O) groups is 1. The highest BCUT2D eigenvalue weighted by atomic mass is 32.1. The molecule has 8 nitrogen and oxygen atoms in total. The van der Waals surface area contributed by atoms with Gasteiger partial charge in [-0.1, -0.05) is 31.3 Å². The molecule has 1 unspecified atom stereocenters. The SMILES string of the molecule is CCOc1cc(C2c3c(oc4ccc(F)cc4c3=O)C(=O)N2c2nncs2)ccc1OCCC(C)C. The van der Waals surface area contributed by atoms with Crippen molar-refractivity contribution in [3.05, 3.63) is 74.8 Å². The van der Waals surface area contributed by atoms with Gasteiger partial charge in [0.05, 0.1) is 30.2 Å². The zero-order valence-electron chi connectivity index (χ0n) is 20.0. The Labute approximate surface area is 210 Å². The van der Waals surface area contributed by atoms with Crippen LogP contribution in [0.5, 0.6) is 11.5 Å². The van der Waals surface area contributed by atoms with Crippen molar-refractivity contribution in [3.63, 3.8) is 0 Å². The number of aromatic nitrogens is 2. The number of fused-ring (bicyclic) bond motifs is 2. The fourth-order valence-electron chi connectivity index (χ4n) is 4.22. The molecule has 1 aliphatic heterocycles. The van der Waals surface area contributed by atoms with E-state index in [1.807, 2.05) is 6.92 Å². The van der Waals surface area contributed by atoms with Crippen LogP contribution in [0.15, 0.2) is 51.1 Å². The van der Waals surface area contributed by atoms with E-state index in [1.54, 1.807) is 18.2 Å². The van der Waals surface area contributed by atoms with Gasteiger partial charge >= 0.3 is 0 Å². The molecule has 0 spiro atoms. The number of halogens is 1. The summed E-state index contributed by atoms with van der Waals surface area (Å²) >= 11 is 1.16. The van der Waals surface area contributed by atoms with Crippen LogP contribution in [0.4, 0.5) is 9.52 Å². The van der Waals surface area contributed by atoms with Crippen LogP contribution in [0.1, 0.15) is 54.9 Å². The highest BCUT2D eigenvalue weighted by Crippen LogP contribution is 2.43. The molecule has 0 radical (unpaired) electrons. The monoisotopic (exact) mass is 509 g/mol. The molecule has 10 heteroatoms. The Balaban J connectivity index is 1.67. The van der Waals surface area contributed by atoms with Gasteiger partial charge in [0, 0.05) is 0 Å². The number of anilines is 1. The van der Waals surface area contributed by atoms with Crippen molar-refractivity contribution in [2.45, 2.75) is 33.2 Å². The van der Waals surface area contributed by atoms with Crippen LogP contribution >= 0.6 is 11.3 Å². The second-order valence-electron chi connectivity index (χ2n) is 8.78. The van der Waals surface area contributed by atoms with Crippen molar-refractivity contribution in [2.75, 3.05) is 18.1 Å². The van der Waals surface area contributed by atoms with E-state index in [0.29, 0.717) is 41.3 Å². The summed E-state index contributed by atoms with van der Waals surface area (Å²) < 4.78 is 31.6. The van der Waals surface area contributed by atoms with Crippen molar-refractivity contribution in [1.82, 2.24) is 10.2 Å². The van der Waals surface area contributed by atoms with Gasteiger partial charge in [0.1, 0.15) is 16.9 Å². The molecule has 0 saturated carbocycles. The lowest BCUT2D eigenvalue weighted by atomic mass is 9.98. The Kier molecular flexibility index (Phi) is 6.44. The van der Waals surface area contributed by atoms with E-state index in [0.717, 1.165) is 23.8 Å². The van der Waals surface area contributed by atoms with E-state index >= 15 is 0 Å². The first-order valence-corrected chi connectivity index (χ1v) is 12.5. The van der Waals surface area contributed by atoms with Crippen molar-refractivity contribution in [2.24, 2.45) is 5.92 Å². The Morgan fingerprint density at radius 1 is 1.14 bits per heavy atom. The van der Waals surface area contributed by atoms with E-state index in [4.69, 9.17) is 13.9 Å². The molecule has 36 heavy (non-hydrogen) atoms. The minimum atomic E-state index is -0.867. The first-order valence-electron chi connectivity index (χ1n) is 11.6. The molecule has 3 heterocycles. The fourth-order valence-corrected chi connectivity index (χ4v) is 4.80. The number of hydrogen-bond donors (Lipinski definition) is 0. The summed E-state index contributed by atoms with van der Waals surface area (Å²) in [6.45, 7) is 7.03. The van der Waals surface area contributed by atoms with Gasteiger partial charge in [-0.15, -0.1) is 10.2 Å². The summed E-state index contributed by atoms with van der Waals surface area (Å²) in [4.78, 5) is 28.5. The minimum Gasteiger partial charge on any atom is -0.490 e. The van der Waals surface area contributed by atoms with Crippen molar-refractivity contribution in [1.29, 1.82) is 0 Å². The molecule has 2 aromatic heterocycles. The van der Waals surface area contributed by atoms with Gasteiger partial charge in [-0.2, -0.15) is 0 Å². The van der Waals surface area contributed by atoms with Gasteiger partial charge in [-0.3, -0.25) is 14.5 Å². The molecule has 0 aliphatic carbocycles. The fraction of sp³-hybridized carbons (Fsp3) is 0.308. The number of amides is 1. The van der Waals surface area contributed by atoms with Crippen LogP contribution in [-0.2, 0) is 0 Å². The van der Waals surface area contributed by atoms with Gasteiger partial charge in [-0.05, 0) is 55.2 Å². The Morgan fingerprint density at radius 2 is 1.97 bits per heavy atom. The predicted octanol–water partition coefficient (Wildman–Crippen LogP) is 5.36. The lowest BCUT2D eigenvalue weighted by molar-refractivity contribution is 0.0970. The molecule has 1 aliphatic rings. The molecule has 5 rings (SSSR count). The summed E-state index contributed by atoms with van der Waals surface area (Å²) in [5, 5.41) is 8.30. The van der Waals surface area contributed by atoms with Crippen LogP contribution in [-0.4, -0.2) is 29.3 Å².